The second-order valence-corrected chi connectivity index (χ2v) is 5.09. The van der Waals surface area contributed by atoms with Gasteiger partial charge in [-0.05, 0) is 38.0 Å². The molecule has 0 spiro atoms. The van der Waals surface area contributed by atoms with E-state index in [-0.39, 0.29) is 16.9 Å². The monoisotopic (exact) mass is 283 g/mol. The molecule has 2 rings (SSSR count). The predicted molar refractivity (Wildman–Crippen MR) is 79.8 cm³/mol. The summed E-state index contributed by atoms with van der Waals surface area (Å²) in [6.07, 6.45) is 0. The van der Waals surface area contributed by atoms with E-state index < -0.39 is 5.91 Å². The molecule has 4 nitrogen and oxygen atoms in total. The molecule has 0 atom stereocenters. The number of carbonyl (C=O) groups excluding carboxylic acids is 2. The lowest BCUT2D eigenvalue weighted by Crippen LogP contribution is -2.22. The molecule has 4 heteroatoms. The molecule has 0 aliphatic rings. The molecule has 2 N–H and O–H groups in total. The SMILES string of the molecule is Cc1cc(C)c(C(=O)c2ccccc2C(=O)NO)c(C)c1. The summed E-state index contributed by atoms with van der Waals surface area (Å²) in [6, 6.07) is 10.3. The number of nitrogens with one attached hydrogen (secondary N) is 1. The van der Waals surface area contributed by atoms with Gasteiger partial charge in [0.15, 0.2) is 5.78 Å². The zero-order chi connectivity index (χ0) is 15.6. The molecule has 0 heterocycles. The van der Waals surface area contributed by atoms with Crippen molar-refractivity contribution in [2.75, 3.05) is 0 Å². The van der Waals surface area contributed by atoms with E-state index in [0.29, 0.717) is 5.56 Å². The first-order valence-electron chi connectivity index (χ1n) is 6.61. The van der Waals surface area contributed by atoms with Crippen molar-refractivity contribution in [3.8, 4) is 0 Å². The summed E-state index contributed by atoms with van der Waals surface area (Å²) in [5.41, 5.74) is 5.44. The minimum atomic E-state index is -0.693. The number of ketones is 1. The van der Waals surface area contributed by atoms with Crippen LogP contribution >= 0.6 is 0 Å². The number of benzene rings is 2. The fourth-order valence-electron chi connectivity index (χ4n) is 2.61. The Hall–Kier alpha value is -2.46. The van der Waals surface area contributed by atoms with Crippen molar-refractivity contribution in [1.82, 2.24) is 5.48 Å². The predicted octanol–water partition coefficient (Wildman–Crippen LogP) is 2.96. The minimum Gasteiger partial charge on any atom is -0.289 e. The molecule has 2 aromatic carbocycles. The Kier molecular flexibility index (Phi) is 4.19. The standard InChI is InChI=1S/C17H17NO3/c1-10-8-11(2)15(12(3)9-10)16(19)13-6-4-5-7-14(13)17(20)18-21/h4-9,21H,1-3H3,(H,18,20). The van der Waals surface area contributed by atoms with E-state index in [9.17, 15) is 9.59 Å². The normalized spacial score (nSPS) is 10.3. The molecule has 0 radical (unpaired) electrons. The Bertz CT molecular complexity index is 697. The highest BCUT2D eigenvalue weighted by molar-refractivity contribution is 6.16. The zero-order valence-corrected chi connectivity index (χ0v) is 12.2. The van der Waals surface area contributed by atoms with Crippen molar-refractivity contribution in [1.29, 1.82) is 0 Å². The smallest absolute Gasteiger partial charge is 0.275 e. The number of aryl methyl sites for hydroxylation is 3. The third kappa shape index (κ3) is 2.85. The molecule has 0 aromatic heterocycles. The van der Waals surface area contributed by atoms with Crippen LogP contribution in [0.3, 0.4) is 0 Å². The van der Waals surface area contributed by atoms with E-state index in [4.69, 9.17) is 5.21 Å². The van der Waals surface area contributed by atoms with Gasteiger partial charge < -0.3 is 0 Å². The topological polar surface area (TPSA) is 66.4 Å². The van der Waals surface area contributed by atoms with E-state index >= 15 is 0 Å². The van der Waals surface area contributed by atoms with Crippen molar-refractivity contribution in [3.05, 3.63) is 69.8 Å². The van der Waals surface area contributed by atoms with Crippen LogP contribution in [0.1, 0.15) is 43.0 Å². The number of hydrogen-bond acceptors (Lipinski definition) is 3. The lowest BCUT2D eigenvalue weighted by molar-refractivity contribution is 0.0703. The summed E-state index contributed by atoms with van der Waals surface area (Å²) in [5.74, 6) is -0.912. The lowest BCUT2D eigenvalue weighted by Gasteiger charge is -2.12. The summed E-state index contributed by atoms with van der Waals surface area (Å²) in [5, 5.41) is 8.80. The number of hydroxylamine groups is 1. The van der Waals surface area contributed by atoms with Gasteiger partial charge in [-0.2, -0.15) is 0 Å². The third-order valence-electron chi connectivity index (χ3n) is 3.42. The molecular formula is C17H17NO3. The van der Waals surface area contributed by atoms with Gasteiger partial charge in [0.25, 0.3) is 5.91 Å². The molecule has 108 valence electrons. The van der Waals surface area contributed by atoms with Crippen molar-refractivity contribution in [2.45, 2.75) is 20.8 Å². The Balaban J connectivity index is 2.59. The Labute approximate surface area is 123 Å². The van der Waals surface area contributed by atoms with Gasteiger partial charge in [0.1, 0.15) is 0 Å². The molecule has 0 bridgehead atoms. The third-order valence-corrected chi connectivity index (χ3v) is 3.42. The Morgan fingerprint density at radius 3 is 2.00 bits per heavy atom. The minimum absolute atomic E-state index is 0.157. The zero-order valence-electron chi connectivity index (χ0n) is 12.2. The Morgan fingerprint density at radius 2 is 1.48 bits per heavy atom. The lowest BCUT2D eigenvalue weighted by atomic mass is 9.91. The van der Waals surface area contributed by atoms with E-state index in [1.54, 1.807) is 23.7 Å². The highest BCUT2D eigenvalue weighted by Gasteiger charge is 2.20. The maximum atomic E-state index is 12.8. The average Bonchev–Trinajstić information content (AvgIpc) is 2.45. The average molecular weight is 283 g/mol. The molecule has 0 aliphatic heterocycles. The van der Waals surface area contributed by atoms with Crippen LogP contribution in [0.2, 0.25) is 0 Å². The molecular weight excluding hydrogens is 266 g/mol. The molecule has 0 saturated heterocycles. The summed E-state index contributed by atoms with van der Waals surface area (Å²) < 4.78 is 0. The van der Waals surface area contributed by atoms with Gasteiger partial charge in [-0.15, -0.1) is 0 Å². The molecule has 21 heavy (non-hydrogen) atoms. The second-order valence-electron chi connectivity index (χ2n) is 5.09. The van der Waals surface area contributed by atoms with Gasteiger partial charge in [0.2, 0.25) is 0 Å². The van der Waals surface area contributed by atoms with Crippen LogP contribution in [0, 0.1) is 20.8 Å². The number of amides is 1. The molecule has 0 unspecified atom stereocenters. The molecule has 1 amide bonds. The highest BCUT2D eigenvalue weighted by Crippen LogP contribution is 2.22. The van der Waals surface area contributed by atoms with Crippen LogP contribution in [-0.2, 0) is 0 Å². The van der Waals surface area contributed by atoms with Crippen molar-refractivity contribution >= 4 is 11.7 Å². The van der Waals surface area contributed by atoms with Crippen molar-refractivity contribution < 1.29 is 14.8 Å². The van der Waals surface area contributed by atoms with Gasteiger partial charge in [0, 0.05) is 11.1 Å². The Morgan fingerprint density at radius 1 is 0.952 bits per heavy atom. The maximum Gasteiger partial charge on any atom is 0.275 e. The van der Waals surface area contributed by atoms with E-state index in [0.717, 1.165) is 16.7 Å². The first-order chi connectivity index (χ1) is 9.95. The van der Waals surface area contributed by atoms with Crippen LogP contribution in [0.15, 0.2) is 36.4 Å². The summed E-state index contributed by atoms with van der Waals surface area (Å²) >= 11 is 0. The first-order valence-corrected chi connectivity index (χ1v) is 6.61. The van der Waals surface area contributed by atoms with Gasteiger partial charge in [0.05, 0.1) is 5.56 Å². The van der Waals surface area contributed by atoms with Crippen LogP contribution in [0.25, 0.3) is 0 Å². The van der Waals surface area contributed by atoms with Crippen molar-refractivity contribution in [3.63, 3.8) is 0 Å². The van der Waals surface area contributed by atoms with Gasteiger partial charge in [-0.3, -0.25) is 14.8 Å². The van der Waals surface area contributed by atoms with Gasteiger partial charge in [-0.1, -0.05) is 35.9 Å². The van der Waals surface area contributed by atoms with Crippen LogP contribution in [0.5, 0.6) is 0 Å². The van der Waals surface area contributed by atoms with Crippen LogP contribution in [0.4, 0.5) is 0 Å². The molecule has 0 aliphatic carbocycles. The maximum absolute atomic E-state index is 12.8. The summed E-state index contributed by atoms with van der Waals surface area (Å²) in [7, 11) is 0. The van der Waals surface area contributed by atoms with E-state index in [1.165, 1.54) is 6.07 Å². The number of rotatable bonds is 3. The van der Waals surface area contributed by atoms with E-state index in [2.05, 4.69) is 0 Å². The largest absolute Gasteiger partial charge is 0.289 e. The van der Waals surface area contributed by atoms with E-state index in [1.807, 2.05) is 32.9 Å². The first kappa shape index (κ1) is 14.9. The molecule has 0 fully saturated rings. The molecule has 0 saturated carbocycles. The molecule has 2 aromatic rings. The number of hydrogen-bond donors (Lipinski definition) is 2. The second kappa shape index (κ2) is 5.89. The summed E-state index contributed by atoms with van der Waals surface area (Å²) in [6.45, 7) is 5.73. The highest BCUT2D eigenvalue weighted by atomic mass is 16.5. The van der Waals surface area contributed by atoms with Gasteiger partial charge >= 0.3 is 0 Å². The van der Waals surface area contributed by atoms with Crippen molar-refractivity contribution in [2.24, 2.45) is 0 Å². The summed E-state index contributed by atoms with van der Waals surface area (Å²) in [4.78, 5) is 24.5. The number of carbonyl (C=O) groups is 2. The fourth-order valence-corrected chi connectivity index (χ4v) is 2.61. The van der Waals surface area contributed by atoms with Crippen LogP contribution in [-0.4, -0.2) is 16.9 Å². The fraction of sp³-hybridized carbons (Fsp3) is 0.176. The van der Waals surface area contributed by atoms with Crippen LogP contribution < -0.4 is 5.48 Å². The quantitative estimate of drug-likeness (QED) is 0.517. The van der Waals surface area contributed by atoms with Gasteiger partial charge in [-0.25, -0.2) is 5.48 Å².